The van der Waals surface area contributed by atoms with E-state index in [0.29, 0.717) is 17.4 Å². The standard InChI is InChI=1S/C20H24O4/c1-2-14-6-7-18-15(12-14)17(22)13-19(24-18)16(21)8-11-20(23)9-4-3-5-10-20/h6-7,12-13,23H,2-5,8-11H2,1H3. The Morgan fingerprint density at radius 1 is 1.21 bits per heavy atom. The van der Waals surface area contributed by atoms with E-state index in [1.165, 1.54) is 6.07 Å². The zero-order chi connectivity index (χ0) is 17.2. The molecule has 1 N–H and O–H groups in total. The Labute approximate surface area is 141 Å². The Hall–Kier alpha value is -1.94. The fraction of sp³-hybridized carbons (Fsp3) is 0.500. The number of carbonyl (C=O) groups is 1. The maximum absolute atomic E-state index is 12.4. The third kappa shape index (κ3) is 3.59. The molecule has 1 heterocycles. The lowest BCUT2D eigenvalue weighted by atomic mass is 9.81. The summed E-state index contributed by atoms with van der Waals surface area (Å²) in [5, 5.41) is 11.0. The first kappa shape index (κ1) is 16.9. The number of Topliss-reactive ketones (excluding diaryl/α,β-unsaturated/α-hetero) is 1. The molecule has 0 saturated heterocycles. The van der Waals surface area contributed by atoms with Gasteiger partial charge in [-0.25, -0.2) is 0 Å². The van der Waals surface area contributed by atoms with Gasteiger partial charge >= 0.3 is 0 Å². The molecule has 24 heavy (non-hydrogen) atoms. The van der Waals surface area contributed by atoms with E-state index < -0.39 is 5.60 Å². The predicted molar refractivity (Wildman–Crippen MR) is 93.5 cm³/mol. The van der Waals surface area contributed by atoms with Crippen LogP contribution in [-0.4, -0.2) is 16.5 Å². The van der Waals surface area contributed by atoms with E-state index in [0.717, 1.165) is 44.1 Å². The Bertz CT molecular complexity index is 797. The van der Waals surface area contributed by atoms with Crippen LogP contribution < -0.4 is 5.43 Å². The van der Waals surface area contributed by atoms with Crippen LogP contribution in [0.2, 0.25) is 0 Å². The second kappa shape index (κ2) is 6.89. The Kier molecular flexibility index (Phi) is 4.86. The fourth-order valence-corrected chi connectivity index (χ4v) is 3.49. The van der Waals surface area contributed by atoms with Crippen LogP contribution >= 0.6 is 0 Å². The zero-order valence-corrected chi connectivity index (χ0v) is 14.1. The second-order valence-electron chi connectivity index (χ2n) is 6.87. The highest BCUT2D eigenvalue weighted by Crippen LogP contribution is 2.32. The summed E-state index contributed by atoms with van der Waals surface area (Å²) in [7, 11) is 0. The van der Waals surface area contributed by atoms with E-state index in [1.807, 2.05) is 19.1 Å². The lowest BCUT2D eigenvalue weighted by Crippen LogP contribution is -2.31. The van der Waals surface area contributed by atoms with E-state index in [1.54, 1.807) is 6.07 Å². The summed E-state index contributed by atoms with van der Waals surface area (Å²) in [6, 6.07) is 6.76. The minimum Gasteiger partial charge on any atom is -0.453 e. The van der Waals surface area contributed by atoms with Crippen LogP contribution in [0.25, 0.3) is 11.0 Å². The smallest absolute Gasteiger partial charge is 0.198 e. The molecule has 3 rings (SSSR count). The third-order valence-corrected chi connectivity index (χ3v) is 5.08. The van der Waals surface area contributed by atoms with Crippen molar-refractivity contribution in [1.29, 1.82) is 0 Å². The number of hydrogen-bond donors (Lipinski definition) is 1. The molecule has 4 heteroatoms. The van der Waals surface area contributed by atoms with Gasteiger partial charge in [0, 0.05) is 12.5 Å². The Morgan fingerprint density at radius 2 is 1.96 bits per heavy atom. The van der Waals surface area contributed by atoms with Crippen molar-refractivity contribution in [3.63, 3.8) is 0 Å². The molecule has 2 aromatic rings. The number of rotatable bonds is 5. The maximum Gasteiger partial charge on any atom is 0.198 e. The van der Waals surface area contributed by atoms with Crippen LogP contribution in [0.5, 0.6) is 0 Å². The van der Waals surface area contributed by atoms with Crippen LogP contribution in [0.4, 0.5) is 0 Å². The molecular formula is C20H24O4. The van der Waals surface area contributed by atoms with Crippen molar-refractivity contribution in [3.05, 3.63) is 45.8 Å². The van der Waals surface area contributed by atoms with Gasteiger partial charge in [-0.15, -0.1) is 0 Å². The molecular weight excluding hydrogens is 304 g/mol. The van der Waals surface area contributed by atoms with Crippen molar-refractivity contribution >= 4 is 16.8 Å². The van der Waals surface area contributed by atoms with E-state index in [4.69, 9.17) is 4.42 Å². The normalized spacial score (nSPS) is 17.1. The fourth-order valence-electron chi connectivity index (χ4n) is 3.49. The molecule has 1 aromatic heterocycles. The van der Waals surface area contributed by atoms with Gasteiger partial charge < -0.3 is 9.52 Å². The zero-order valence-electron chi connectivity index (χ0n) is 14.1. The van der Waals surface area contributed by atoms with Gasteiger partial charge in [-0.2, -0.15) is 0 Å². The van der Waals surface area contributed by atoms with E-state index >= 15 is 0 Å². The predicted octanol–water partition coefficient (Wildman–Crippen LogP) is 4.01. The molecule has 1 saturated carbocycles. The molecule has 1 fully saturated rings. The first-order chi connectivity index (χ1) is 11.5. The van der Waals surface area contributed by atoms with Crippen LogP contribution in [0.15, 0.2) is 33.5 Å². The van der Waals surface area contributed by atoms with E-state index in [2.05, 4.69) is 0 Å². The van der Waals surface area contributed by atoms with E-state index in [-0.39, 0.29) is 23.4 Å². The van der Waals surface area contributed by atoms with Crippen molar-refractivity contribution in [3.8, 4) is 0 Å². The van der Waals surface area contributed by atoms with Gasteiger partial charge in [-0.05, 0) is 43.4 Å². The molecule has 0 bridgehead atoms. The summed E-state index contributed by atoms with van der Waals surface area (Å²) >= 11 is 0. The topological polar surface area (TPSA) is 67.5 Å². The minimum atomic E-state index is -0.735. The van der Waals surface area contributed by atoms with Crippen LogP contribution in [-0.2, 0) is 6.42 Å². The van der Waals surface area contributed by atoms with Gasteiger partial charge in [-0.1, -0.05) is 32.3 Å². The lowest BCUT2D eigenvalue weighted by Gasteiger charge is -2.31. The van der Waals surface area contributed by atoms with Crippen molar-refractivity contribution in [2.24, 2.45) is 0 Å². The average molecular weight is 328 g/mol. The van der Waals surface area contributed by atoms with Crippen molar-refractivity contribution in [2.75, 3.05) is 0 Å². The van der Waals surface area contributed by atoms with Gasteiger partial charge in [-0.3, -0.25) is 9.59 Å². The van der Waals surface area contributed by atoms with Gasteiger partial charge in [0.2, 0.25) is 0 Å². The first-order valence-corrected chi connectivity index (χ1v) is 8.83. The highest BCUT2D eigenvalue weighted by Gasteiger charge is 2.30. The average Bonchev–Trinajstić information content (AvgIpc) is 2.60. The van der Waals surface area contributed by atoms with Crippen molar-refractivity contribution < 1.29 is 14.3 Å². The number of benzene rings is 1. The first-order valence-electron chi connectivity index (χ1n) is 8.83. The van der Waals surface area contributed by atoms with Crippen LogP contribution in [0, 0.1) is 0 Å². The van der Waals surface area contributed by atoms with Gasteiger partial charge in [0.25, 0.3) is 0 Å². The summed E-state index contributed by atoms with van der Waals surface area (Å²) < 4.78 is 5.65. The molecule has 0 spiro atoms. The summed E-state index contributed by atoms with van der Waals surface area (Å²) in [5.41, 5.74) is 0.584. The van der Waals surface area contributed by atoms with Gasteiger partial charge in [0.05, 0.1) is 11.0 Å². The minimum absolute atomic E-state index is 0.0937. The molecule has 1 aliphatic carbocycles. The number of ketones is 1. The summed E-state index contributed by atoms with van der Waals surface area (Å²) in [6.07, 6.45) is 6.15. The molecule has 0 atom stereocenters. The maximum atomic E-state index is 12.4. The number of aliphatic hydroxyl groups is 1. The van der Waals surface area contributed by atoms with Gasteiger partial charge in [0.1, 0.15) is 5.58 Å². The number of aryl methyl sites for hydroxylation is 1. The van der Waals surface area contributed by atoms with E-state index in [9.17, 15) is 14.7 Å². The van der Waals surface area contributed by atoms with Gasteiger partial charge in [0.15, 0.2) is 17.0 Å². The highest BCUT2D eigenvalue weighted by molar-refractivity contribution is 5.94. The Balaban J connectivity index is 1.78. The van der Waals surface area contributed by atoms with Crippen LogP contribution in [0.1, 0.15) is 68.0 Å². The monoisotopic (exact) mass is 328 g/mol. The summed E-state index contributed by atoms with van der Waals surface area (Å²) in [4.78, 5) is 24.7. The SMILES string of the molecule is CCc1ccc2oc(C(=O)CCC3(O)CCCCC3)cc(=O)c2c1. The molecule has 0 radical (unpaired) electrons. The molecule has 1 aromatic carbocycles. The number of fused-ring (bicyclic) bond motifs is 1. The quantitative estimate of drug-likeness (QED) is 0.842. The summed E-state index contributed by atoms with van der Waals surface area (Å²) in [6.45, 7) is 2.02. The molecule has 0 amide bonds. The summed E-state index contributed by atoms with van der Waals surface area (Å²) in [5.74, 6) is -0.122. The molecule has 0 unspecified atom stereocenters. The highest BCUT2D eigenvalue weighted by atomic mass is 16.3. The molecule has 128 valence electrons. The van der Waals surface area contributed by atoms with Crippen LogP contribution in [0.3, 0.4) is 0 Å². The second-order valence-corrected chi connectivity index (χ2v) is 6.87. The molecule has 0 aliphatic heterocycles. The third-order valence-electron chi connectivity index (χ3n) is 5.08. The number of carbonyl (C=O) groups excluding carboxylic acids is 1. The molecule has 4 nitrogen and oxygen atoms in total. The number of hydrogen-bond acceptors (Lipinski definition) is 4. The van der Waals surface area contributed by atoms with Crippen molar-refractivity contribution in [1.82, 2.24) is 0 Å². The Morgan fingerprint density at radius 3 is 2.67 bits per heavy atom. The largest absolute Gasteiger partial charge is 0.453 e. The lowest BCUT2D eigenvalue weighted by molar-refractivity contribution is -0.00471. The van der Waals surface area contributed by atoms with Crippen molar-refractivity contribution in [2.45, 2.75) is 63.9 Å². The molecule has 1 aliphatic rings.